The molecule has 0 spiro atoms. The van der Waals surface area contributed by atoms with Gasteiger partial charge in [-0.25, -0.2) is 13.4 Å². The van der Waals surface area contributed by atoms with E-state index in [-0.39, 0.29) is 10.0 Å². The van der Waals surface area contributed by atoms with Crippen LogP contribution in [0.4, 0.5) is 5.69 Å². The molecule has 0 saturated heterocycles. The van der Waals surface area contributed by atoms with Crippen molar-refractivity contribution in [2.45, 2.75) is 11.8 Å². The van der Waals surface area contributed by atoms with E-state index in [4.69, 9.17) is 11.6 Å². The number of nitrogens with one attached hydrogen (secondary N) is 1. The van der Waals surface area contributed by atoms with Gasteiger partial charge in [0.05, 0.1) is 10.6 Å². The zero-order valence-corrected chi connectivity index (χ0v) is 11.2. The molecule has 2 rings (SSSR count). The number of pyridine rings is 1. The van der Waals surface area contributed by atoms with Crippen molar-refractivity contribution in [3.8, 4) is 0 Å². The normalized spacial score (nSPS) is 11.2. The molecule has 2 aromatic rings. The van der Waals surface area contributed by atoms with Crippen LogP contribution in [0.3, 0.4) is 0 Å². The van der Waals surface area contributed by atoms with E-state index in [0.717, 1.165) is 5.56 Å². The summed E-state index contributed by atoms with van der Waals surface area (Å²) in [7, 11) is -3.58. The lowest BCUT2D eigenvalue weighted by Crippen LogP contribution is -2.12. The number of hydrogen-bond acceptors (Lipinski definition) is 3. The Labute approximate surface area is 111 Å². The molecule has 1 N–H and O–H groups in total. The first-order valence-electron chi connectivity index (χ1n) is 5.18. The smallest absolute Gasteiger partial charge is 0.261 e. The predicted octanol–water partition coefficient (Wildman–Crippen LogP) is 2.84. The van der Waals surface area contributed by atoms with Crippen LogP contribution in [-0.4, -0.2) is 13.4 Å². The van der Waals surface area contributed by atoms with Gasteiger partial charge in [0.2, 0.25) is 0 Å². The summed E-state index contributed by atoms with van der Waals surface area (Å²) < 4.78 is 26.5. The van der Waals surface area contributed by atoms with Crippen LogP contribution in [0.25, 0.3) is 0 Å². The van der Waals surface area contributed by atoms with Gasteiger partial charge in [0.1, 0.15) is 5.15 Å². The van der Waals surface area contributed by atoms with E-state index < -0.39 is 10.0 Å². The summed E-state index contributed by atoms with van der Waals surface area (Å²) in [6.45, 7) is 1.90. The summed E-state index contributed by atoms with van der Waals surface area (Å²) in [5.74, 6) is 0. The van der Waals surface area contributed by atoms with Crippen molar-refractivity contribution >= 4 is 27.3 Å². The van der Waals surface area contributed by atoms with Gasteiger partial charge in [0.25, 0.3) is 10.0 Å². The largest absolute Gasteiger partial charge is 0.279 e. The molecule has 0 aliphatic carbocycles. The molecule has 0 fully saturated rings. The monoisotopic (exact) mass is 282 g/mol. The molecular weight excluding hydrogens is 272 g/mol. The molecule has 1 aromatic carbocycles. The van der Waals surface area contributed by atoms with Crippen LogP contribution < -0.4 is 4.72 Å². The fourth-order valence-corrected chi connectivity index (χ4v) is 2.62. The molecule has 1 heterocycles. The van der Waals surface area contributed by atoms with Crippen LogP contribution in [0.15, 0.2) is 47.5 Å². The Hall–Kier alpha value is -1.59. The van der Waals surface area contributed by atoms with Gasteiger partial charge in [0, 0.05) is 6.20 Å². The van der Waals surface area contributed by atoms with Crippen molar-refractivity contribution in [1.82, 2.24) is 4.98 Å². The number of nitrogens with zero attached hydrogens (tertiary/aromatic N) is 1. The molecule has 18 heavy (non-hydrogen) atoms. The minimum atomic E-state index is -3.58. The third kappa shape index (κ3) is 3.00. The number of aryl methyl sites for hydroxylation is 1. The van der Waals surface area contributed by atoms with Crippen molar-refractivity contribution in [2.75, 3.05) is 4.72 Å². The maximum Gasteiger partial charge on any atom is 0.261 e. The van der Waals surface area contributed by atoms with Crippen molar-refractivity contribution in [1.29, 1.82) is 0 Å². The topological polar surface area (TPSA) is 59.1 Å². The van der Waals surface area contributed by atoms with Gasteiger partial charge in [-0.15, -0.1) is 0 Å². The van der Waals surface area contributed by atoms with E-state index in [1.165, 1.54) is 18.3 Å². The van der Waals surface area contributed by atoms with Crippen molar-refractivity contribution < 1.29 is 8.42 Å². The third-order valence-electron chi connectivity index (χ3n) is 2.31. The van der Waals surface area contributed by atoms with E-state index in [1.807, 2.05) is 6.92 Å². The van der Waals surface area contributed by atoms with Crippen LogP contribution in [0, 0.1) is 6.92 Å². The quantitative estimate of drug-likeness (QED) is 0.881. The average molecular weight is 283 g/mol. The second-order valence-electron chi connectivity index (χ2n) is 3.79. The fourth-order valence-electron chi connectivity index (χ4n) is 1.40. The Morgan fingerprint density at radius 1 is 1.17 bits per heavy atom. The Morgan fingerprint density at radius 3 is 2.44 bits per heavy atom. The summed E-state index contributed by atoms with van der Waals surface area (Å²) >= 11 is 5.69. The van der Waals surface area contributed by atoms with Crippen LogP contribution >= 0.6 is 11.6 Å². The summed E-state index contributed by atoms with van der Waals surface area (Å²) in [5.41, 5.74) is 1.39. The molecule has 6 heteroatoms. The Balaban J connectivity index is 2.30. The highest BCUT2D eigenvalue weighted by molar-refractivity contribution is 7.92. The first-order chi connectivity index (χ1) is 8.47. The van der Waals surface area contributed by atoms with Crippen molar-refractivity contribution in [3.05, 3.63) is 53.3 Å². The first-order valence-corrected chi connectivity index (χ1v) is 7.04. The molecule has 0 radical (unpaired) electrons. The van der Waals surface area contributed by atoms with Crippen LogP contribution in [-0.2, 0) is 10.0 Å². The van der Waals surface area contributed by atoms with Crippen LogP contribution in [0.5, 0.6) is 0 Å². The number of aromatic nitrogens is 1. The number of halogens is 1. The molecule has 4 nitrogen and oxygen atoms in total. The SMILES string of the molecule is Cc1ccc(S(=O)(=O)Nc2ccnc(Cl)c2)cc1. The fraction of sp³-hybridized carbons (Fsp3) is 0.0833. The molecule has 0 bridgehead atoms. The number of rotatable bonds is 3. The van der Waals surface area contributed by atoms with Crippen LogP contribution in [0.2, 0.25) is 5.15 Å². The highest BCUT2D eigenvalue weighted by atomic mass is 35.5. The van der Waals surface area contributed by atoms with E-state index in [9.17, 15) is 8.42 Å². The lowest BCUT2D eigenvalue weighted by atomic mass is 10.2. The molecule has 0 amide bonds. The van der Waals surface area contributed by atoms with E-state index in [1.54, 1.807) is 24.3 Å². The van der Waals surface area contributed by atoms with E-state index in [0.29, 0.717) is 5.69 Å². The molecule has 0 aliphatic rings. The Bertz CT molecular complexity index is 654. The molecule has 1 aromatic heterocycles. The number of anilines is 1. The van der Waals surface area contributed by atoms with Gasteiger partial charge < -0.3 is 0 Å². The van der Waals surface area contributed by atoms with Crippen molar-refractivity contribution in [2.24, 2.45) is 0 Å². The van der Waals surface area contributed by atoms with Gasteiger partial charge in [-0.05, 0) is 31.2 Å². The highest BCUT2D eigenvalue weighted by Gasteiger charge is 2.13. The first kappa shape index (κ1) is 12.9. The maximum atomic E-state index is 12.0. The van der Waals surface area contributed by atoms with Crippen molar-refractivity contribution in [3.63, 3.8) is 0 Å². The Kier molecular flexibility index (Phi) is 3.54. The third-order valence-corrected chi connectivity index (χ3v) is 3.91. The van der Waals surface area contributed by atoms with Gasteiger partial charge >= 0.3 is 0 Å². The number of hydrogen-bond donors (Lipinski definition) is 1. The second kappa shape index (κ2) is 4.96. The van der Waals surface area contributed by atoms with E-state index >= 15 is 0 Å². The molecule has 94 valence electrons. The second-order valence-corrected chi connectivity index (χ2v) is 5.86. The molecule has 0 unspecified atom stereocenters. The number of sulfonamides is 1. The molecule has 0 saturated carbocycles. The zero-order valence-electron chi connectivity index (χ0n) is 9.59. The average Bonchev–Trinajstić information content (AvgIpc) is 2.29. The minimum absolute atomic E-state index is 0.209. The Morgan fingerprint density at radius 2 is 1.83 bits per heavy atom. The predicted molar refractivity (Wildman–Crippen MR) is 71.2 cm³/mol. The molecular formula is C12H11ClN2O2S. The zero-order chi connectivity index (χ0) is 13.2. The summed E-state index contributed by atoms with van der Waals surface area (Å²) in [4.78, 5) is 3.99. The standard InChI is InChI=1S/C12H11ClN2O2S/c1-9-2-4-11(5-3-9)18(16,17)15-10-6-7-14-12(13)8-10/h2-8H,1H3,(H,14,15). The number of benzene rings is 1. The summed E-state index contributed by atoms with van der Waals surface area (Å²) in [6, 6.07) is 9.59. The van der Waals surface area contributed by atoms with E-state index in [2.05, 4.69) is 9.71 Å². The van der Waals surface area contributed by atoms with Gasteiger partial charge in [-0.3, -0.25) is 4.72 Å². The lowest BCUT2D eigenvalue weighted by molar-refractivity contribution is 0.601. The minimum Gasteiger partial charge on any atom is -0.279 e. The maximum absolute atomic E-state index is 12.0. The van der Waals surface area contributed by atoms with Gasteiger partial charge in [0.15, 0.2) is 0 Å². The molecule has 0 atom stereocenters. The van der Waals surface area contributed by atoms with Gasteiger partial charge in [-0.1, -0.05) is 29.3 Å². The van der Waals surface area contributed by atoms with Gasteiger partial charge in [-0.2, -0.15) is 0 Å². The highest BCUT2D eigenvalue weighted by Crippen LogP contribution is 2.18. The lowest BCUT2D eigenvalue weighted by Gasteiger charge is -2.08. The molecule has 0 aliphatic heterocycles. The van der Waals surface area contributed by atoms with Crippen LogP contribution in [0.1, 0.15) is 5.56 Å². The summed E-state index contributed by atoms with van der Waals surface area (Å²) in [6.07, 6.45) is 1.44. The summed E-state index contributed by atoms with van der Waals surface area (Å²) in [5, 5.41) is 0.235.